The van der Waals surface area contributed by atoms with E-state index < -0.39 is 0 Å². The summed E-state index contributed by atoms with van der Waals surface area (Å²) in [6, 6.07) is 0. The molecule has 0 saturated heterocycles. The summed E-state index contributed by atoms with van der Waals surface area (Å²) in [6.07, 6.45) is 10.0. The van der Waals surface area contributed by atoms with Gasteiger partial charge in [-0.15, -0.1) is 11.7 Å². The minimum atomic E-state index is 0.752. The van der Waals surface area contributed by atoms with Gasteiger partial charge >= 0.3 is 0 Å². The van der Waals surface area contributed by atoms with Gasteiger partial charge in [0.2, 0.25) is 0 Å². The van der Waals surface area contributed by atoms with Crippen molar-refractivity contribution < 1.29 is 0 Å². The van der Waals surface area contributed by atoms with Gasteiger partial charge in [-0.05, 0) is 12.8 Å². The lowest BCUT2D eigenvalue weighted by Gasteiger charge is -1.95. The number of aryl methyl sites for hydroxylation is 1. The van der Waals surface area contributed by atoms with Gasteiger partial charge in [-0.3, -0.25) is 0 Å². The van der Waals surface area contributed by atoms with Crippen molar-refractivity contribution in [3.8, 4) is 0 Å². The van der Waals surface area contributed by atoms with Crippen LogP contribution in [0.15, 0.2) is 18.9 Å². The Morgan fingerprint density at radius 1 is 1.43 bits per heavy atom. The lowest BCUT2D eigenvalue weighted by Crippen LogP contribution is -1.94. The average Bonchev–Trinajstić information content (AvgIpc) is 2.61. The highest BCUT2D eigenvalue weighted by atomic mass is 15.4. The Balaban J connectivity index is 2.25. The van der Waals surface area contributed by atoms with Gasteiger partial charge in [0.1, 0.15) is 0 Å². The van der Waals surface area contributed by atoms with Gasteiger partial charge in [-0.2, -0.15) is 0 Å². The molecule has 0 spiro atoms. The standard InChI is InChI=1S/C11H19N3/c1-3-5-6-7-8-11-10-14(9-4-2)13-12-11/h4,10H,2-3,5-9H2,1H3. The van der Waals surface area contributed by atoms with Crippen molar-refractivity contribution in [2.75, 3.05) is 0 Å². The van der Waals surface area contributed by atoms with Crippen LogP contribution in [0.3, 0.4) is 0 Å². The molecule has 0 atom stereocenters. The lowest BCUT2D eigenvalue weighted by atomic mass is 10.1. The van der Waals surface area contributed by atoms with Crippen LogP contribution in [0.2, 0.25) is 0 Å². The van der Waals surface area contributed by atoms with Crippen LogP contribution >= 0.6 is 0 Å². The Labute approximate surface area is 85.8 Å². The first kappa shape index (κ1) is 11.0. The number of allylic oxidation sites excluding steroid dienone is 1. The summed E-state index contributed by atoms with van der Waals surface area (Å²) < 4.78 is 1.82. The van der Waals surface area contributed by atoms with E-state index in [9.17, 15) is 0 Å². The molecule has 0 aliphatic heterocycles. The maximum atomic E-state index is 4.10. The van der Waals surface area contributed by atoms with Gasteiger partial charge in [0.25, 0.3) is 0 Å². The van der Waals surface area contributed by atoms with Crippen LogP contribution in [0, 0.1) is 0 Å². The van der Waals surface area contributed by atoms with Crippen molar-refractivity contribution in [3.63, 3.8) is 0 Å². The molecule has 78 valence electrons. The van der Waals surface area contributed by atoms with Gasteiger partial charge in [0.15, 0.2) is 0 Å². The smallest absolute Gasteiger partial charge is 0.0827 e. The van der Waals surface area contributed by atoms with Crippen LogP contribution in [0.4, 0.5) is 0 Å². The Bertz CT molecular complexity index is 265. The summed E-state index contributed by atoms with van der Waals surface area (Å²) in [6.45, 7) is 6.64. The zero-order chi connectivity index (χ0) is 10.2. The first-order chi connectivity index (χ1) is 6.86. The van der Waals surface area contributed by atoms with E-state index in [1.165, 1.54) is 25.7 Å². The monoisotopic (exact) mass is 193 g/mol. The van der Waals surface area contributed by atoms with E-state index in [4.69, 9.17) is 0 Å². The molecule has 0 unspecified atom stereocenters. The van der Waals surface area contributed by atoms with E-state index in [2.05, 4.69) is 23.8 Å². The van der Waals surface area contributed by atoms with Crippen LogP contribution in [0.5, 0.6) is 0 Å². The van der Waals surface area contributed by atoms with E-state index in [0.717, 1.165) is 18.7 Å². The van der Waals surface area contributed by atoms with Gasteiger partial charge < -0.3 is 0 Å². The number of nitrogens with zero attached hydrogens (tertiary/aromatic N) is 3. The molecule has 3 nitrogen and oxygen atoms in total. The molecular formula is C11H19N3. The van der Waals surface area contributed by atoms with Gasteiger partial charge in [-0.1, -0.05) is 37.5 Å². The molecule has 0 aromatic carbocycles. The Hall–Kier alpha value is -1.12. The molecule has 0 bridgehead atoms. The maximum Gasteiger partial charge on any atom is 0.0827 e. The van der Waals surface area contributed by atoms with Crippen molar-refractivity contribution in [3.05, 3.63) is 24.5 Å². The van der Waals surface area contributed by atoms with Crippen molar-refractivity contribution in [1.82, 2.24) is 15.0 Å². The molecule has 0 radical (unpaired) electrons. The average molecular weight is 193 g/mol. The SMILES string of the molecule is C=CCn1cc(CCCCCC)nn1. The highest BCUT2D eigenvalue weighted by Crippen LogP contribution is 2.04. The van der Waals surface area contributed by atoms with Crippen LogP contribution in [-0.2, 0) is 13.0 Å². The number of hydrogen-bond donors (Lipinski definition) is 0. The summed E-state index contributed by atoms with van der Waals surface area (Å²) in [5, 5.41) is 8.10. The van der Waals surface area contributed by atoms with Crippen LogP contribution in [0.25, 0.3) is 0 Å². The number of aromatic nitrogens is 3. The van der Waals surface area contributed by atoms with Crippen molar-refractivity contribution >= 4 is 0 Å². The quantitative estimate of drug-likeness (QED) is 0.492. The Kier molecular flexibility index (Phi) is 4.97. The zero-order valence-corrected chi connectivity index (χ0v) is 8.95. The second-order valence-electron chi connectivity index (χ2n) is 3.53. The van der Waals surface area contributed by atoms with E-state index in [1.54, 1.807) is 0 Å². The van der Waals surface area contributed by atoms with Gasteiger partial charge in [0, 0.05) is 6.20 Å². The van der Waals surface area contributed by atoms with Crippen LogP contribution in [0.1, 0.15) is 38.3 Å². The first-order valence-corrected chi connectivity index (χ1v) is 5.36. The summed E-state index contributed by atoms with van der Waals surface area (Å²) >= 11 is 0. The topological polar surface area (TPSA) is 30.7 Å². The zero-order valence-electron chi connectivity index (χ0n) is 8.95. The van der Waals surface area contributed by atoms with E-state index in [0.29, 0.717) is 0 Å². The molecule has 14 heavy (non-hydrogen) atoms. The van der Waals surface area contributed by atoms with Crippen molar-refractivity contribution in [2.45, 2.75) is 45.6 Å². The third-order valence-electron chi connectivity index (χ3n) is 2.19. The largest absolute Gasteiger partial charge is 0.248 e. The van der Waals surface area contributed by atoms with Crippen LogP contribution < -0.4 is 0 Å². The minimum Gasteiger partial charge on any atom is -0.248 e. The predicted molar refractivity (Wildman–Crippen MR) is 58.1 cm³/mol. The molecule has 1 aromatic rings. The summed E-state index contributed by atoms with van der Waals surface area (Å²) in [5.41, 5.74) is 1.10. The van der Waals surface area contributed by atoms with E-state index >= 15 is 0 Å². The van der Waals surface area contributed by atoms with Gasteiger partial charge in [0.05, 0.1) is 12.2 Å². The Morgan fingerprint density at radius 2 is 2.29 bits per heavy atom. The molecule has 0 N–H and O–H groups in total. The molecule has 1 rings (SSSR count). The Morgan fingerprint density at radius 3 is 3.00 bits per heavy atom. The molecule has 0 amide bonds. The van der Waals surface area contributed by atoms with Crippen molar-refractivity contribution in [2.24, 2.45) is 0 Å². The molecular weight excluding hydrogens is 174 g/mol. The fourth-order valence-corrected chi connectivity index (χ4v) is 1.41. The third-order valence-corrected chi connectivity index (χ3v) is 2.19. The highest BCUT2D eigenvalue weighted by Gasteiger charge is 1.98. The molecule has 0 fully saturated rings. The second-order valence-corrected chi connectivity index (χ2v) is 3.53. The molecule has 0 saturated carbocycles. The minimum absolute atomic E-state index is 0.752. The van der Waals surface area contributed by atoms with Crippen LogP contribution in [-0.4, -0.2) is 15.0 Å². The highest BCUT2D eigenvalue weighted by molar-refractivity contribution is 4.92. The first-order valence-electron chi connectivity index (χ1n) is 5.36. The van der Waals surface area contributed by atoms with Crippen molar-refractivity contribution in [1.29, 1.82) is 0 Å². The van der Waals surface area contributed by atoms with Gasteiger partial charge in [-0.25, -0.2) is 4.68 Å². The number of hydrogen-bond acceptors (Lipinski definition) is 2. The maximum absolute atomic E-state index is 4.10. The predicted octanol–water partition coefficient (Wildman–Crippen LogP) is 2.59. The molecule has 0 aliphatic rings. The molecule has 3 heteroatoms. The fourth-order valence-electron chi connectivity index (χ4n) is 1.41. The molecule has 1 heterocycles. The second kappa shape index (κ2) is 6.35. The number of rotatable bonds is 7. The normalized spacial score (nSPS) is 10.4. The lowest BCUT2D eigenvalue weighted by molar-refractivity contribution is 0.653. The summed E-state index contributed by atoms with van der Waals surface area (Å²) in [5.74, 6) is 0. The van der Waals surface area contributed by atoms with E-state index in [1.807, 2.05) is 17.0 Å². The number of unbranched alkanes of at least 4 members (excludes halogenated alkanes) is 3. The third kappa shape index (κ3) is 3.73. The molecule has 0 aliphatic carbocycles. The summed E-state index contributed by atoms with van der Waals surface area (Å²) in [7, 11) is 0. The molecule has 1 aromatic heterocycles. The van der Waals surface area contributed by atoms with E-state index in [-0.39, 0.29) is 0 Å². The summed E-state index contributed by atoms with van der Waals surface area (Å²) in [4.78, 5) is 0. The fraction of sp³-hybridized carbons (Fsp3) is 0.636.